The van der Waals surface area contributed by atoms with Gasteiger partial charge in [-0.15, -0.1) is 0 Å². The van der Waals surface area contributed by atoms with Gasteiger partial charge in [0.05, 0.1) is 0 Å². The van der Waals surface area contributed by atoms with Gasteiger partial charge in [-0.2, -0.15) is 0 Å². The Morgan fingerprint density at radius 3 is 2.78 bits per heavy atom. The lowest BCUT2D eigenvalue weighted by Gasteiger charge is -2.08. The van der Waals surface area contributed by atoms with Crippen LogP contribution in [0.25, 0.3) is 5.82 Å². The Kier molecular flexibility index (Phi) is 4.74. The summed E-state index contributed by atoms with van der Waals surface area (Å²) in [6.45, 7) is 2.64. The molecule has 2 aromatic heterocycles. The zero-order chi connectivity index (χ0) is 18.6. The molecule has 1 aromatic carbocycles. The smallest absolute Gasteiger partial charge is 0.231 e. The normalized spacial score (nSPS) is 12.2. The van der Waals surface area contributed by atoms with Gasteiger partial charge in [0.1, 0.15) is 11.6 Å². The highest BCUT2D eigenvalue weighted by molar-refractivity contribution is 5.76. The third kappa shape index (κ3) is 3.92. The van der Waals surface area contributed by atoms with Crippen LogP contribution in [0.15, 0.2) is 48.9 Å². The van der Waals surface area contributed by atoms with E-state index in [4.69, 9.17) is 9.47 Å². The SMILES string of the molecule is Cc1nccn1-c1ccc(CNC(=O)CCc2ccc3c(c2)OCO3)cn1. The molecular formula is C20H20N4O3. The highest BCUT2D eigenvalue weighted by Crippen LogP contribution is 2.32. The van der Waals surface area contributed by atoms with Gasteiger partial charge >= 0.3 is 0 Å². The van der Waals surface area contributed by atoms with Gasteiger partial charge in [0.15, 0.2) is 11.5 Å². The number of hydrogen-bond acceptors (Lipinski definition) is 5. The second-order valence-corrected chi connectivity index (χ2v) is 6.33. The van der Waals surface area contributed by atoms with E-state index in [1.54, 1.807) is 12.4 Å². The maximum absolute atomic E-state index is 12.1. The van der Waals surface area contributed by atoms with Crippen LogP contribution < -0.4 is 14.8 Å². The molecule has 3 heterocycles. The van der Waals surface area contributed by atoms with Crippen molar-refractivity contribution < 1.29 is 14.3 Å². The number of nitrogens with zero attached hydrogens (tertiary/aromatic N) is 3. The highest BCUT2D eigenvalue weighted by Gasteiger charge is 2.13. The molecule has 0 aliphatic carbocycles. The molecule has 0 bridgehead atoms. The van der Waals surface area contributed by atoms with E-state index in [9.17, 15) is 4.79 Å². The van der Waals surface area contributed by atoms with Crippen LogP contribution in [0.3, 0.4) is 0 Å². The predicted octanol–water partition coefficient (Wildman–Crippen LogP) is 2.55. The first-order valence-electron chi connectivity index (χ1n) is 8.79. The summed E-state index contributed by atoms with van der Waals surface area (Å²) in [4.78, 5) is 20.7. The molecule has 1 aliphatic rings. The zero-order valence-corrected chi connectivity index (χ0v) is 15.0. The summed E-state index contributed by atoms with van der Waals surface area (Å²) in [6, 6.07) is 9.64. The lowest BCUT2D eigenvalue weighted by Crippen LogP contribution is -2.23. The monoisotopic (exact) mass is 364 g/mol. The molecule has 7 heteroatoms. The number of amides is 1. The Balaban J connectivity index is 1.27. The summed E-state index contributed by atoms with van der Waals surface area (Å²) in [5.41, 5.74) is 2.00. The fourth-order valence-electron chi connectivity index (χ4n) is 2.93. The van der Waals surface area contributed by atoms with Crippen molar-refractivity contribution in [1.29, 1.82) is 0 Å². The number of ether oxygens (including phenoxy) is 2. The Morgan fingerprint density at radius 1 is 1.15 bits per heavy atom. The van der Waals surface area contributed by atoms with Crippen LogP contribution in [0.1, 0.15) is 23.4 Å². The summed E-state index contributed by atoms with van der Waals surface area (Å²) in [5.74, 6) is 3.19. The summed E-state index contributed by atoms with van der Waals surface area (Å²) < 4.78 is 12.6. The number of aromatic nitrogens is 3. The van der Waals surface area contributed by atoms with Crippen LogP contribution in [-0.2, 0) is 17.8 Å². The Labute approximate surface area is 157 Å². The number of aryl methyl sites for hydroxylation is 2. The largest absolute Gasteiger partial charge is 0.454 e. The number of benzene rings is 1. The topological polar surface area (TPSA) is 78.3 Å². The standard InChI is InChI=1S/C20H20N4O3/c1-14-21-8-9-24(14)19-6-3-16(11-22-19)12-23-20(25)7-4-15-2-5-17-18(10-15)27-13-26-17/h2-3,5-6,8-11H,4,7,12-13H2,1H3,(H,23,25). The van der Waals surface area contributed by atoms with E-state index in [2.05, 4.69) is 15.3 Å². The van der Waals surface area contributed by atoms with Gasteiger partial charge in [-0.25, -0.2) is 9.97 Å². The lowest BCUT2D eigenvalue weighted by molar-refractivity contribution is -0.121. The van der Waals surface area contributed by atoms with Gasteiger partial charge in [-0.05, 0) is 42.7 Å². The predicted molar refractivity (Wildman–Crippen MR) is 98.8 cm³/mol. The Hall–Kier alpha value is -3.35. The Morgan fingerprint density at radius 2 is 2.00 bits per heavy atom. The molecule has 1 amide bonds. The van der Waals surface area contributed by atoms with E-state index in [1.807, 2.05) is 48.0 Å². The fraction of sp³-hybridized carbons (Fsp3) is 0.250. The molecule has 27 heavy (non-hydrogen) atoms. The number of hydrogen-bond donors (Lipinski definition) is 1. The quantitative estimate of drug-likeness (QED) is 0.727. The molecule has 1 aliphatic heterocycles. The third-order valence-electron chi connectivity index (χ3n) is 4.45. The zero-order valence-electron chi connectivity index (χ0n) is 15.0. The average Bonchev–Trinajstić information content (AvgIpc) is 3.33. The van der Waals surface area contributed by atoms with Crippen LogP contribution in [0.2, 0.25) is 0 Å². The summed E-state index contributed by atoms with van der Waals surface area (Å²) in [7, 11) is 0. The molecule has 0 unspecified atom stereocenters. The van der Waals surface area contributed by atoms with Gasteiger partial charge in [-0.1, -0.05) is 12.1 Å². The second kappa shape index (κ2) is 7.49. The summed E-state index contributed by atoms with van der Waals surface area (Å²) in [5, 5.41) is 2.93. The van der Waals surface area contributed by atoms with Gasteiger partial charge < -0.3 is 14.8 Å². The molecular weight excluding hydrogens is 344 g/mol. The van der Waals surface area contributed by atoms with E-state index in [-0.39, 0.29) is 12.7 Å². The maximum Gasteiger partial charge on any atom is 0.231 e. The number of rotatable bonds is 6. The first-order valence-corrected chi connectivity index (χ1v) is 8.79. The third-order valence-corrected chi connectivity index (χ3v) is 4.45. The second-order valence-electron chi connectivity index (χ2n) is 6.33. The van der Waals surface area contributed by atoms with Crippen LogP contribution in [0.4, 0.5) is 0 Å². The van der Waals surface area contributed by atoms with Gasteiger partial charge in [-0.3, -0.25) is 9.36 Å². The average molecular weight is 364 g/mol. The fourth-order valence-corrected chi connectivity index (χ4v) is 2.93. The van der Waals surface area contributed by atoms with Crippen molar-refractivity contribution in [2.75, 3.05) is 6.79 Å². The molecule has 7 nitrogen and oxygen atoms in total. The van der Waals surface area contributed by atoms with Crippen LogP contribution >= 0.6 is 0 Å². The van der Waals surface area contributed by atoms with E-state index in [1.165, 1.54) is 0 Å². The van der Waals surface area contributed by atoms with Crippen molar-refractivity contribution in [3.63, 3.8) is 0 Å². The number of nitrogens with one attached hydrogen (secondary N) is 1. The molecule has 0 fully saturated rings. The summed E-state index contributed by atoms with van der Waals surface area (Å²) >= 11 is 0. The van der Waals surface area contributed by atoms with E-state index >= 15 is 0 Å². The van der Waals surface area contributed by atoms with Crippen LogP contribution in [0, 0.1) is 6.92 Å². The Bertz CT molecular complexity index is 950. The molecule has 3 aromatic rings. The van der Waals surface area contributed by atoms with E-state index in [0.29, 0.717) is 19.4 Å². The van der Waals surface area contributed by atoms with E-state index in [0.717, 1.165) is 34.3 Å². The van der Waals surface area contributed by atoms with Gasteiger partial charge in [0.2, 0.25) is 12.7 Å². The first kappa shape index (κ1) is 17.1. The van der Waals surface area contributed by atoms with Crippen molar-refractivity contribution in [2.24, 2.45) is 0 Å². The lowest BCUT2D eigenvalue weighted by atomic mass is 10.1. The van der Waals surface area contributed by atoms with Crippen molar-refractivity contribution in [2.45, 2.75) is 26.3 Å². The van der Waals surface area contributed by atoms with Gasteiger partial charge in [0.25, 0.3) is 0 Å². The van der Waals surface area contributed by atoms with E-state index < -0.39 is 0 Å². The molecule has 0 spiro atoms. The minimum absolute atomic E-state index is 0.00203. The van der Waals surface area contributed by atoms with Crippen molar-refractivity contribution in [3.05, 3.63) is 65.9 Å². The molecule has 0 saturated carbocycles. The van der Waals surface area contributed by atoms with Crippen molar-refractivity contribution in [3.8, 4) is 17.3 Å². The molecule has 138 valence electrons. The maximum atomic E-state index is 12.1. The number of pyridine rings is 1. The number of imidazole rings is 1. The molecule has 0 atom stereocenters. The van der Waals surface area contributed by atoms with Crippen molar-refractivity contribution in [1.82, 2.24) is 19.9 Å². The number of carbonyl (C=O) groups excluding carboxylic acids is 1. The molecule has 4 rings (SSSR count). The van der Waals surface area contributed by atoms with Crippen molar-refractivity contribution >= 4 is 5.91 Å². The number of carbonyl (C=O) groups is 1. The van der Waals surface area contributed by atoms with Crippen LogP contribution in [-0.4, -0.2) is 27.2 Å². The molecule has 1 N–H and O–H groups in total. The van der Waals surface area contributed by atoms with Crippen LogP contribution in [0.5, 0.6) is 11.5 Å². The number of fused-ring (bicyclic) bond motifs is 1. The van der Waals surface area contributed by atoms with Gasteiger partial charge in [0, 0.05) is 31.6 Å². The molecule has 0 radical (unpaired) electrons. The summed E-state index contributed by atoms with van der Waals surface area (Å²) in [6.07, 6.45) is 6.45. The molecule has 0 saturated heterocycles. The minimum Gasteiger partial charge on any atom is -0.454 e. The minimum atomic E-state index is 0.00203. The first-order chi connectivity index (χ1) is 13.2. The highest BCUT2D eigenvalue weighted by atomic mass is 16.7.